The summed E-state index contributed by atoms with van der Waals surface area (Å²) in [7, 11) is 0. The van der Waals surface area contributed by atoms with Crippen LogP contribution in [0.25, 0.3) is 0 Å². The molecule has 4 rings (SSSR count). The van der Waals surface area contributed by atoms with E-state index >= 15 is 0 Å². The molecule has 0 fully saturated rings. The summed E-state index contributed by atoms with van der Waals surface area (Å²) in [6.45, 7) is 5.80. The molecule has 0 saturated carbocycles. The van der Waals surface area contributed by atoms with Crippen LogP contribution in [0.2, 0.25) is 0 Å². The van der Waals surface area contributed by atoms with Gasteiger partial charge in [0.2, 0.25) is 5.91 Å². The lowest BCUT2D eigenvalue weighted by atomic mass is 9.86. The molecule has 0 spiro atoms. The molecule has 0 aliphatic carbocycles. The zero-order chi connectivity index (χ0) is 25.7. The number of nitrogens with one attached hydrogen (secondary N) is 3. The summed E-state index contributed by atoms with van der Waals surface area (Å²) in [6.07, 6.45) is 0. The Hall–Kier alpha value is -3.80. The summed E-state index contributed by atoms with van der Waals surface area (Å²) >= 11 is 2.76. The van der Waals surface area contributed by atoms with Crippen molar-refractivity contribution in [2.24, 2.45) is 0 Å². The minimum atomic E-state index is -0.524. The van der Waals surface area contributed by atoms with Crippen LogP contribution < -0.4 is 16.0 Å². The van der Waals surface area contributed by atoms with Gasteiger partial charge in [0.25, 0.3) is 5.91 Å². The van der Waals surface area contributed by atoms with Gasteiger partial charge in [0.05, 0.1) is 28.3 Å². The molecule has 182 valence electrons. The van der Waals surface area contributed by atoms with E-state index < -0.39 is 5.92 Å². The average molecular weight is 515 g/mol. The number of aryl methyl sites for hydroxylation is 1. The zero-order valence-electron chi connectivity index (χ0n) is 20.2. The first-order valence-electron chi connectivity index (χ1n) is 11.4. The topological polar surface area (TPSA) is 94.0 Å². The van der Waals surface area contributed by atoms with E-state index in [1.807, 2.05) is 86.8 Å². The molecule has 1 aliphatic heterocycles. The Morgan fingerprint density at radius 1 is 1.03 bits per heavy atom. The molecule has 0 radical (unpaired) electrons. The van der Waals surface area contributed by atoms with Crippen LogP contribution in [0.5, 0.6) is 0 Å². The second kappa shape index (κ2) is 11.3. The molecule has 36 heavy (non-hydrogen) atoms. The highest BCUT2D eigenvalue weighted by molar-refractivity contribution is 8.03. The lowest BCUT2D eigenvalue weighted by molar-refractivity contribution is -0.114. The minimum Gasteiger partial charge on any atom is -0.353 e. The van der Waals surface area contributed by atoms with Crippen LogP contribution in [0.4, 0.5) is 11.4 Å². The molecule has 2 heterocycles. The summed E-state index contributed by atoms with van der Waals surface area (Å²) < 4.78 is 0. The van der Waals surface area contributed by atoms with E-state index in [0.717, 1.165) is 21.7 Å². The Balaban J connectivity index is 1.58. The number of thiophene rings is 1. The number of carbonyl (C=O) groups excluding carboxylic acids is 2. The Kier molecular flexibility index (Phi) is 7.93. The monoisotopic (exact) mass is 514 g/mol. The average Bonchev–Trinajstić information content (AvgIpc) is 3.40. The van der Waals surface area contributed by atoms with Gasteiger partial charge in [-0.05, 0) is 61.5 Å². The van der Waals surface area contributed by atoms with Crippen molar-refractivity contribution in [2.45, 2.75) is 26.7 Å². The van der Waals surface area contributed by atoms with E-state index in [0.29, 0.717) is 27.6 Å². The minimum absolute atomic E-state index is 0.122. The second-order valence-corrected chi connectivity index (χ2v) is 10.3. The van der Waals surface area contributed by atoms with Crippen LogP contribution in [-0.2, 0) is 9.59 Å². The number of nitrogens with zero attached hydrogens (tertiary/aromatic N) is 1. The molecule has 2 aromatic carbocycles. The summed E-state index contributed by atoms with van der Waals surface area (Å²) in [5.74, 6) is -0.836. The number of benzene rings is 2. The molecular formula is C28H26N4O2S2. The fourth-order valence-corrected chi connectivity index (χ4v) is 5.73. The van der Waals surface area contributed by atoms with Gasteiger partial charge in [-0.2, -0.15) is 5.26 Å². The van der Waals surface area contributed by atoms with Gasteiger partial charge in [0.1, 0.15) is 0 Å². The molecule has 2 amide bonds. The lowest BCUT2D eigenvalue weighted by Crippen LogP contribution is -2.30. The fourth-order valence-electron chi connectivity index (χ4n) is 4.00. The third-order valence-electron chi connectivity index (χ3n) is 5.98. The van der Waals surface area contributed by atoms with E-state index in [1.165, 1.54) is 23.1 Å². The van der Waals surface area contributed by atoms with Gasteiger partial charge in [0, 0.05) is 27.5 Å². The standard InChI is InChI=1S/C28H26N4O2S2/c1-17-9-7-12-22(18(17)2)32-24(33)16-36-28-21(15-29)26(23-13-8-14-35-23)25(19(3)30-28)27(34)31-20-10-5-4-6-11-20/h4-14,26,30H,16H2,1-3H3,(H,31,34)(H,32,33). The van der Waals surface area contributed by atoms with Crippen molar-refractivity contribution in [2.75, 3.05) is 16.4 Å². The molecule has 1 unspecified atom stereocenters. The largest absolute Gasteiger partial charge is 0.353 e. The van der Waals surface area contributed by atoms with Crippen molar-refractivity contribution in [1.29, 1.82) is 5.26 Å². The molecule has 3 aromatic rings. The smallest absolute Gasteiger partial charge is 0.254 e. The fraction of sp³-hybridized carbons (Fsp3) is 0.179. The van der Waals surface area contributed by atoms with Crippen LogP contribution in [0.15, 0.2) is 87.9 Å². The van der Waals surface area contributed by atoms with Crippen molar-refractivity contribution in [3.63, 3.8) is 0 Å². The Morgan fingerprint density at radius 2 is 1.81 bits per heavy atom. The van der Waals surface area contributed by atoms with Gasteiger partial charge in [-0.25, -0.2) is 0 Å². The maximum atomic E-state index is 13.4. The number of hydrogen-bond donors (Lipinski definition) is 3. The number of amides is 2. The van der Waals surface area contributed by atoms with E-state index in [9.17, 15) is 14.9 Å². The number of dihydropyridines is 1. The Morgan fingerprint density at radius 3 is 2.50 bits per heavy atom. The van der Waals surface area contributed by atoms with Crippen LogP contribution in [0.3, 0.4) is 0 Å². The highest BCUT2D eigenvalue weighted by Gasteiger charge is 2.35. The van der Waals surface area contributed by atoms with Gasteiger partial charge in [-0.15, -0.1) is 11.3 Å². The van der Waals surface area contributed by atoms with Crippen molar-refractivity contribution in [3.8, 4) is 6.07 Å². The SMILES string of the molecule is CC1=C(C(=O)Nc2ccccc2)C(c2cccs2)C(C#N)=C(SCC(=O)Nc2cccc(C)c2C)N1. The van der Waals surface area contributed by atoms with Crippen molar-refractivity contribution < 1.29 is 9.59 Å². The predicted molar refractivity (Wildman–Crippen MR) is 148 cm³/mol. The van der Waals surface area contributed by atoms with Gasteiger partial charge in [-0.1, -0.05) is 48.2 Å². The van der Waals surface area contributed by atoms with Gasteiger partial charge in [-0.3, -0.25) is 9.59 Å². The van der Waals surface area contributed by atoms with Gasteiger partial charge >= 0.3 is 0 Å². The van der Waals surface area contributed by atoms with Crippen molar-refractivity contribution in [3.05, 3.63) is 104 Å². The molecule has 1 aromatic heterocycles. The van der Waals surface area contributed by atoms with Crippen LogP contribution >= 0.6 is 23.1 Å². The quantitative estimate of drug-likeness (QED) is 0.356. The number of anilines is 2. The first kappa shape index (κ1) is 25.3. The second-order valence-electron chi connectivity index (χ2n) is 8.37. The number of para-hydroxylation sites is 1. The van der Waals surface area contributed by atoms with E-state index in [2.05, 4.69) is 22.0 Å². The number of allylic oxidation sites excluding steroid dienone is 2. The first-order valence-corrected chi connectivity index (χ1v) is 13.3. The van der Waals surface area contributed by atoms with Crippen LogP contribution in [-0.4, -0.2) is 17.6 Å². The molecule has 0 bridgehead atoms. The third-order valence-corrected chi connectivity index (χ3v) is 7.93. The van der Waals surface area contributed by atoms with Gasteiger partial charge < -0.3 is 16.0 Å². The number of thioether (sulfide) groups is 1. The molecule has 1 atom stereocenters. The molecule has 8 heteroatoms. The summed E-state index contributed by atoms with van der Waals surface area (Å²) in [6, 6.07) is 21.2. The zero-order valence-corrected chi connectivity index (χ0v) is 21.8. The van der Waals surface area contributed by atoms with Crippen molar-refractivity contribution in [1.82, 2.24) is 5.32 Å². The van der Waals surface area contributed by atoms with E-state index in [4.69, 9.17) is 0 Å². The Labute approximate surface area is 219 Å². The molecular weight excluding hydrogens is 488 g/mol. The Bertz CT molecular complexity index is 1390. The molecule has 6 nitrogen and oxygen atoms in total. The molecule has 3 N–H and O–H groups in total. The first-order chi connectivity index (χ1) is 17.4. The highest BCUT2D eigenvalue weighted by Crippen LogP contribution is 2.42. The summed E-state index contributed by atoms with van der Waals surface area (Å²) in [4.78, 5) is 27.0. The number of nitriles is 1. The van der Waals surface area contributed by atoms with Crippen LogP contribution in [0.1, 0.15) is 28.8 Å². The van der Waals surface area contributed by atoms with E-state index in [-0.39, 0.29) is 17.6 Å². The third kappa shape index (κ3) is 5.54. The number of rotatable bonds is 7. The van der Waals surface area contributed by atoms with Crippen LogP contribution in [0, 0.1) is 25.2 Å². The van der Waals surface area contributed by atoms with E-state index in [1.54, 1.807) is 0 Å². The predicted octanol–water partition coefficient (Wildman–Crippen LogP) is 6.07. The summed E-state index contributed by atoms with van der Waals surface area (Å²) in [5, 5.41) is 21.8. The van der Waals surface area contributed by atoms with Crippen molar-refractivity contribution >= 4 is 46.3 Å². The van der Waals surface area contributed by atoms with Gasteiger partial charge in [0.15, 0.2) is 0 Å². The number of hydrogen-bond acceptors (Lipinski definition) is 6. The summed E-state index contributed by atoms with van der Waals surface area (Å²) in [5.41, 5.74) is 5.14. The molecule has 0 saturated heterocycles. The highest BCUT2D eigenvalue weighted by atomic mass is 32.2. The maximum Gasteiger partial charge on any atom is 0.254 e. The maximum absolute atomic E-state index is 13.4. The normalized spacial score (nSPS) is 15.2. The molecule has 1 aliphatic rings. The number of carbonyl (C=O) groups is 2. The lowest BCUT2D eigenvalue weighted by Gasteiger charge is -2.29.